The molecule has 9 heteroatoms. The lowest BCUT2D eigenvalue weighted by Crippen LogP contribution is -2.60. The minimum Gasteiger partial charge on any atom is -0.352 e. The van der Waals surface area contributed by atoms with Gasteiger partial charge in [0.2, 0.25) is 0 Å². The third kappa shape index (κ3) is 3.63. The predicted octanol–water partition coefficient (Wildman–Crippen LogP) is 3.25. The van der Waals surface area contributed by atoms with Crippen molar-refractivity contribution in [2.45, 2.75) is 6.92 Å². The van der Waals surface area contributed by atoms with E-state index in [0.29, 0.717) is 4.59 Å². The van der Waals surface area contributed by atoms with Crippen LogP contribution in [0, 0.1) is 6.92 Å². The van der Waals surface area contributed by atoms with Crippen LogP contribution in [0.2, 0.25) is 0 Å². The fraction of sp³-hybridized carbons (Fsp3) is 0.375. The summed E-state index contributed by atoms with van der Waals surface area (Å²) in [5.41, 5.74) is 3.13. The van der Waals surface area contributed by atoms with Crippen LogP contribution in [0.25, 0.3) is 10.6 Å². The number of rotatable bonds is 4. The van der Waals surface area contributed by atoms with Crippen LogP contribution in [0.15, 0.2) is 60.1 Å². The van der Waals surface area contributed by atoms with Crippen LogP contribution in [0.1, 0.15) is 5.01 Å². The van der Waals surface area contributed by atoms with E-state index in [1.165, 1.54) is 5.70 Å². The zero-order chi connectivity index (χ0) is 22.4. The Labute approximate surface area is 202 Å². The number of aryl methyl sites for hydroxylation is 1. The number of hydrogen-bond acceptors (Lipinski definition) is 7. The molecule has 0 N–H and O–H groups in total. The normalized spacial score (nSPS) is 24.9. The monoisotopic (exact) mass is 479 g/mol. The Balaban J connectivity index is 1.18. The molecule has 0 aliphatic carbocycles. The zero-order valence-corrected chi connectivity index (χ0v) is 20.3. The third-order valence-corrected chi connectivity index (χ3v) is 8.72. The Morgan fingerprint density at radius 3 is 2.79 bits per heavy atom. The summed E-state index contributed by atoms with van der Waals surface area (Å²) < 4.78 is 0.652. The second kappa shape index (κ2) is 8.39. The first-order valence-corrected chi connectivity index (χ1v) is 13.4. The predicted molar refractivity (Wildman–Crippen MR) is 133 cm³/mol. The van der Waals surface area contributed by atoms with Gasteiger partial charge in [0.1, 0.15) is 18.6 Å². The van der Waals surface area contributed by atoms with Gasteiger partial charge in [-0.25, -0.2) is 4.98 Å². The number of quaternary nitrogens is 1. The van der Waals surface area contributed by atoms with Crippen molar-refractivity contribution < 1.29 is 9.39 Å². The molecule has 1 atom stereocenters. The van der Waals surface area contributed by atoms with Crippen LogP contribution in [0.3, 0.4) is 0 Å². The fourth-order valence-corrected chi connectivity index (χ4v) is 6.97. The minimum absolute atomic E-state index is 0.206. The van der Waals surface area contributed by atoms with E-state index >= 15 is 0 Å². The zero-order valence-electron chi connectivity index (χ0n) is 18.7. The van der Waals surface area contributed by atoms with Gasteiger partial charge in [-0.15, -0.1) is 28.1 Å². The van der Waals surface area contributed by atoms with Crippen LogP contribution in [0.5, 0.6) is 0 Å². The van der Waals surface area contributed by atoms with Crippen LogP contribution in [-0.4, -0.2) is 81.3 Å². The Hall–Kier alpha value is -2.46. The number of pyridine rings is 1. The van der Waals surface area contributed by atoms with Crippen molar-refractivity contribution in [3.05, 3.63) is 65.1 Å². The minimum atomic E-state index is 0.206. The number of piperazine rings is 1. The molecule has 0 radical (unpaired) electrons. The first-order chi connectivity index (χ1) is 16.1. The highest BCUT2D eigenvalue weighted by atomic mass is 32.2. The summed E-state index contributed by atoms with van der Waals surface area (Å²) in [6, 6.07) is 6.04. The second-order valence-electron chi connectivity index (χ2n) is 8.73. The number of carbonyl (C=O) groups is 1. The number of aromatic nitrogens is 2. The van der Waals surface area contributed by atoms with Gasteiger partial charge in [0.15, 0.2) is 5.70 Å². The molecule has 6 rings (SSSR count). The number of allylic oxidation sites excluding steroid dienone is 3. The van der Waals surface area contributed by atoms with Gasteiger partial charge in [0, 0.05) is 43.7 Å². The lowest BCUT2D eigenvalue weighted by molar-refractivity contribution is -0.948. The molecule has 0 aromatic carbocycles. The highest BCUT2D eigenvalue weighted by molar-refractivity contribution is 7.99. The standard InChI is InChI=1S/C24H27N6OS2/c1-18-26-23(22(33-18)21-6-2-3-7-25-21)27-8-10-29(11-9-27)30-13-4-5-20(30)15-19(16-30)24(31)28-12-14-32-17-28/h2-7,13,15H,8-12,14,16-17H2,1H3/q+1/t30-/m1/s1. The van der Waals surface area contributed by atoms with Crippen molar-refractivity contribution in [3.8, 4) is 10.6 Å². The molecule has 170 valence electrons. The van der Waals surface area contributed by atoms with E-state index in [4.69, 9.17) is 4.98 Å². The molecule has 2 aromatic heterocycles. The molecular weight excluding hydrogens is 452 g/mol. The van der Waals surface area contributed by atoms with Crippen molar-refractivity contribution in [3.63, 3.8) is 0 Å². The molecular formula is C24H27N6OS2+. The van der Waals surface area contributed by atoms with Crippen LogP contribution < -0.4 is 4.90 Å². The Kier molecular flexibility index (Phi) is 5.37. The summed E-state index contributed by atoms with van der Waals surface area (Å²) in [4.78, 5) is 28.0. The summed E-state index contributed by atoms with van der Waals surface area (Å²) in [6.45, 7) is 7.27. The Morgan fingerprint density at radius 2 is 2.03 bits per heavy atom. The van der Waals surface area contributed by atoms with Crippen molar-refractivity contribution in [1.29, 1.82) is 0 Å². The van der Waals surface area contributed by atoms with Crippen molar-refractivity contribution >= 4 is 34.8 Å². The van der Waals surface area contributed by atoms with Crippen molar-refractivity contribution in [2.75, 3.05) is 55.8 Å². The fourth-order valence-electron chi connectivity index (χ4n) is 5.11. The van der Waals surface area contributed by atoms with Crippen molar-refractivity contribution in [2.24, 2.45) is 0 Å². The van der Waals surface area contributed by atoms with E-state index in [2.05, 4.69) is 52.3 Å². The molecule has 0 spiro atoms. The van der Waals surface area contributed by atoms with Gasteiger partial charge < -0.3 is 9.80 Å². The number of thioether (sulfide) groups is 1. The largest absolute Gasteiger partial charge is 0.352 e. The number of hydrogen-bond donors (Lipinski definition) is 0. The molecule has 0 unspecified atom stereocenters. The molecule has 33 heavy (non-hydrogen) atoms. The quantitative estimate of drug-likeness (QED) is 0.628. The molecule has 4 aliphatic rings. The van der Waals surface area contributed by atoms with Gasteiger partial charge in [-0.2, -0.15) is 4.59 Å². The van der Waals surface area contributed by atoms with E-state index in [9.17, 15) is 4.79 Å². The maximum Gasteiger partial charge on any atom is 0.256 e. The van der Waals surface area contributed by atoms with Gasteiger partial charge in [-0.1, -0.05) is 6.07 Å². The molecule has 4 aliphatic heterocycles. The third-order valence-electron chi connectivity index (χ3n) is 6.77. The van der Waals surface area contributed by atoms with Gasteiger partial charge in [0.05, 0.1) is 40.1 Å². The van der Waals surface area contributed by atoms with E-state index < -0.39 is 0 Å². The molecule has 6 heterocycles. The van der Waals surface area contributed by atoms with E-state index in [-0.39, 0.29) is 5.91 Å². The van der Waals surface area contributed by atoms with Crippen LogP contribution >= 0.6 is 23.1 Å². The summed E-state index contributed by atoms with van der Waals surface area (Å²) in [7, 11) is 0. The van der Waals surface area contributed by atoms with E-state index in [1.54, 1.807) is 11.3 Å². The first kappa shape index (κ1) is 21.1. The molecule has 2 fully saturated rings. The van der Waals surface area contributed by atoms with Crippen molar-refractivity contribution in [1.82, 2.24) is 19.9 Å². The average Bonchev–Trinajstić information content (AvgIpc) is 3.62. The second-order valence-corrected chi connectivity index (χ2v) is 11.0. The van der Waals surface area contributed by atoms with Gasteiger partial charge in [-0.3, -0.25) is 9.78 Å². The van der Waals surface area contributed by atoms with Gasteiger partial charge in [0.25, 0.3) is 5.91 Å². The molecule has 7 nitrogen and oxygen atoms in total. The lowest BCUT2D eigenvalue weighted by Gasteiger charge is -2.44. The number of thiazole rings is 1. The maximum absolute atomic E-state index is 13.1. The number of nitrogens with zero attached hydrogens (tertiary/aromatic N) is 6. The summed E-state index contributed by atoms with van der Waals surface area (Å²) in [6.07, 6.45) is 10.5. The summed E-state index contributed by atoms with van der Waals surface area (Å²) >= 11 is 3.55. The summed E-state index contributed by atoms with van der Waals surface area (Å²) in [5.74, 6) is 3.11. The average molecular weight is 480 g/mol. The number of amides is 1. The van der Waals surface area contributed by atoms with Crippen LogP contribution in [0.4, 0.5) is 5.82 Å². The Bertz CT molecular complexity index is 1160. The van der Waals surface area contributed by atoms with E-state index in [0.717, 1.165) is 77.9 Å². The SMILES string of the molecule is Cc1nc(N2CCN([N@@+]34C=CC=C3C=C(C(=O)N3CCSC3)C4)CC2)c(-c2ccccn2)s1. The molecule has 2 saturated heterocycles. The smallest absolute Gasteiger partial charge is 0.256 e. The Morgan fingerprint density at radius 1 is 1.15 bits per heavy atom. The van der Waals surface area contributed by atoms with Gasteiger partial charge >= 0.3 is 0 Å². The number of fused-ring (bicyclic) bond motifs is 1. The maximum atomic E-state index is 13.1. The van der Waals surface area contributed by atoms with Crippen LogP contribution in [-0.2, 0) is 4.79 Å². The van der Waals surface area contributed by atoms with E-state index in [1.807, 2.05) is 35.0 Å². The molecule has 2 aromatic rings. The molecule has 0 bridgehead atoms. The lowest BCUT2D eigenvalue weighted by atomic mass is 10.2. The number of anilines is 1. The van der Waals surface area contributed by atoms with Gasteiger partial charge in [-0.05, 0) is 25.1 Å². The number of carbonyl (C=O) groups excluding carboxylic acids is 1. The first-order valence-electron chi connectivity index (χ1n) is 11.4. The highest BCUT2D eigenvalue weighted by Gasteiger charge is 2.48. The molecule has 1 amide bonds. The molecule has 0 saturated carbocycles. The summed E-state index contributed by atoms with van der Waals surface area (Å²) in [5, 5.41) is 3.57. The highest BCUT2D eigenvalue weighted by Crippen LogP contribution is 2.39. The topological polar surface area (TPSA) is 52.6 Å².